The molecule has 328 valence electrons. The van der Waals surface area contributed by atoms with Crippen molar-refractivity contribution in [2.24, 2.45) is 0 Å². The topological polar surface area (TPSA) is 335 Å². The van der Waals surface area contributed by atoms with Crippen molar-refractivity contribution in [2.45, 2.75) is 40.7 Å². The zero-order valence-corrected chi connectivity index (χ0v) is 34.2. The van der Waals surface area contributed by atoms with Crippen molar-refractivity contribution in [3.8, 4) is 23.0 Å². The van der Waals surface area contributed by atoms with Gasteiger partial charge in [-0.05, 0) is 56.9 Å². The fourth-order valence-electron chi connectivity index (χ4n) is 6.58. The number of nitrogens with zero attached hydrogens (tertiary/aromatic N) is 2. The van der Waals surface area contributed by atoms with Crippen LogP contribution < -0.4 is 43.5 Å². The summed E-state index contributed by atoms with van der Waals surface area (Å²) in [5, 5.41) is 51.8. The molecule has 0 radical (unpaired) electrons. The Balaban J connectivity index is 1.53. The number of aryl methyl sites for hydroxylation is 4. The van der Waals surface area contributed by atoms with E-state index in [2.05, 4.69) is 41.2 Å². The van der Waals surface area contributed by atoms with Crippen molar-refractivity contribution in [2.75, 3.05) is 58.9 Å². The maximum Gasteiger partial charge on any atom is 0.290 e. The molecule has 4 aromatic heterocycles. The van der Waals surface area contributed by atoms with Crippen LogP contribution in [0.3, 0.4) is 0 Å². The van der Waals surface area contributed by atoms with E-state index in [1.54, 1.807) is 0 Å². The second-order valence-electron chi connectivity index (χ2n) is 14.3. The van der Waals surface area contributed by atoms with Crippen LogP contribution in [0, 0.1) is 27.7 Å². The number of H-pyrrole nitrogens is 4. The number of carbonyl (C=O) groups is 4. The van der Waals surface area contributed by atoms with Crippen molar-refractivity contribution < 1.29 is 39.6 Å². The second kappa shape index (κ2) is 20.7. The second-order valence-corrected chi connectivity index (χ2v) is 14.3. The summed E-state index contributed by atoms with van der Waals surface area (Å²) in [5.41, 5.74) is -2.89. The highest BCUT2D eigenvalue weighted by Gasteiger charge is 2.24. The smallest absolute Gasteiger partial charge is 0.290 e. The minimum Gasteiger partial charge on any atom is -0.502 e. The predicted octanol–water partition coefficient (Wildman–Crippen LogP) is -1.49. The van der Waals surface area contributed by atoms with Gasteiger partial charge in [0, 0.05) is 89.7 Å². The van der Waals surface area contributed by atoms with Gasteiger partial charge >= 0.3 is 0 Å². The van der Waals surface area contributed by atoms with Crippen molar-refractivity contribution in [3.63, 3.8) is 0 Å². The Morgan fingerprint density at radius 1 is 0.492 bits per heavy atom. The molecule has 4 aromatic rings. The summed E-state index contributed by atoms with van der Waals surface area (Å²) in [7, 11) is 0. The molecule has 0 aromatic carbocycles. The molecule has 0 saturated carbocycles. The van der Waals surface area contributed by atoms with Gasteiger partial charge in [-0.25, -0.2) is 0 Å². The van der Waals surface area contributed by atoms with Gasteiger partial charge in [0.05, 0.1) is 22.3 Å². The number of nitrogens with one attached hydrogen (secondary N) is 8. The van der Waals surface area contributed by atoms with Crippen molar-refractivity contribution in [3.05, 3.63) is 111 Å². The van der Waals surface area contributed by atoms with Gasteiger partial charge in [-0.2, -0.15) is 0 Å². The molecule has 61 heavy (non-hydrogen) atoms. The molecule has 0 aliphatic carbocycles. The molecular formula is C39H50N10O12. The first kappa shape index (κ1) is 46.5. The number of amides is 4. The quantitative estimate of drug-likeness (QED) is 0.0512. The molecule has 0 aliphatic rings. The fraction of sp³-hybridized carbons (Fsp3) is 0.385. The molecule has 4 rings (SSSR count). The summed E-state index contributed by atoms with van der Waals surface area (Å²) in [6.45, 7) is 8.86. The first-order valence-electron chi connectivity index (χ1n) is 19.1. The molecule has 4 amide bonds. The Kier molecular flexibility index (Phi) is 15.7. The van der Waals surface area contributed by atoms with Crippen LogP contribution in [0.1, 0.15) is 70.6 Å². The Bertz CT molecular complexity index is 2360. The van der Waals surface area contributed by atoms with Gasteiger partial charge in [0.2, 0.25) is 0 Å². The van der Waals surface area contributed by atoms with Gasteiger partial charge in [0.1, 0.15) is 0 Å². The lowest BCUT2D eigenvalue weighted by Crippen LogP contribution is -2.50. The van der Waals surface area contributed by atoms with Crippen LogP contribution in [0.15, 0.2) is 44.0 Å². The largest absolute Gasteiger partial charge is 0.502 e. The van der Waals surface area contributed by atoms with Crippen molar-refractivity contribution >= 4 is 23.6 Å². The maximum absolute atomic E-state index is 13.1. The van der Waals surface area contributed by atoms with E-state index < -0.39 is 74.9 Å². The Morgan fingerprint density at radius 3 is 1.00 bits per heavy atom. The number of hydrogen-bond donors (Lipinski definition) is 12. The zero-order valence-electron chi connectivity index (χ0n) is 34.2. The lowest BCUT2D eigenvalue weighted by atomic mass is 10.1. The number of hydrogen-bond acceptors (Lipinski definition) is 14. The lowest BCUT2D eigenvalue weighted by Gasteiger charge is -2.34. The highest BCUT2D eigenvalue weighted by atomic mass is 16.3. The molecule has 0 aliphatic heterocycles. The van der Waals surface area contributed by atoms with Crippen LogP contribution in [0.5, 0.6) is 23.0 Å². The standard InChI is InChI=1S/C39H50N10O12/c1-19-14-44-36(58)28(50)24(19)32(54)40-6-10-48(11-7-41-33(55)25-20(2)15-45-37(59)29(25)51)18-23(5)49(12-8-42-34(56)26-21(3)16-46-38(60)30(26)52)13-9-43-35(57)27-22(4)17-47-39(61)31(27)53/h14-17,23,50-53H,6-13,18H2,1-5H3,(H,40,54)(H,41,55)(H,42,56)(H,43,57)(H,44,58)(H,45,59)(H,46,60)(H,47,61). The highest BCUT2D eigenvalue weighted by Crippen LogP contribution is 2.18. The van der Waals surface area contributed by atoms with Gasteiger partial charge in [-0.3, -0.25) is 48.2 Å². The summed E-state index contributed by atoms with van der Waals surface area (Å²) in [6.07, 6.45) is 5.17. The van der Waals surface area contributed by atoms with E-state index in [1.807, 2.05) is 16.7 Å². The summed E-state index contributed by atoms with van der Waals surface area (Å²) < 4.78 is 0. The molecule has 0 fully saturated rings. The lowest BCUT2D eigenvalue weighted by molar-refractivity contribution is 0.0900. The first-order valence-corrected chi connectivity index (χ1v) is 19.1. The number of aromatic nitrogens is 4. The summed E-state index contributed by atoms with van der Waals surface area (Å²) in [6, 6.07) is -0.400. The molecule has 22 heteroatoms. The molecule has 1 unspecified atom stereocenters. The van der Waals surface area contributed by atoms with E-state index in [4.69, 9.17) is 0 Å². The van der Waals surface area contributed by atoms with Gasteiger partial charge < -0.3 is 61.6 Å². The average molecular weight is 851 g/mol. The average Bonchev–Trinajstić information content (AvgIpc) is 3.20. The normalized spacial score (nSPS) is 11.7. The Labute approximate surface area is 347 Å². The van der Waals surface area contributed by atoms with Crippen LogP contribution in [0.2, 0.25) is 0 Å². The maximum atomic E-state index is 13.1. The third-order valence-electron chi connectivity index (χ3n) is 9.91. The zero-order chi connectivity index (χ0) is 45.1. The molecule has 12 N–H and O–H groups in total. The van der Waals surface area contributed by atoms with Gasteiger partial charge in [-0.15, -0.1) is 0 Å². The summed E-state index contributed by atoms with van der Waals surface area (Å²) in [5.74, 6) is -5.81. The van der Waals surface area contributed by atoms with Crippen LogP contribution in [0.25, 0.3) is 0 Å². The third kappa shape index (κ3) is 11.5. The number of aromatic hydroxyl groups is 4. The number of rotatable bonds is 19. The monoisotopic (exact) mass is 850 g/mol. The Hall–Kier alpha value is -7.20. The third-order valence-corrected chi connectivity index (χ3v) is 9.91. The minimum atomic E-state index is -0.843. The Morgan fingerprint density at radius 2 is 0.738 bits per heavy atom. The molecule has 0 bridgehead atoms. The molecule has 1 atom stereocenters. The molecule has 22 nitrogen and oxygen atoms in total. The van der Waals surface area contributed by atoms with Gasteiger partial charge in [0.25, 0.3) is 45.9 Å². The summed E-state index contributed by atoms with van der Waals surface area (Å²) >= 11 is 0. The molecule has 0 saturated heterocycles. The van der Waals surface area contributed by atoms with E-state index in [1.165, 1.54) is 52.5 Å². The molecular weight excluding hydrogens is 800 g/mol. The van der Waals surface area contributed by atoms with Crippen molar-refractivity contribution in [1.29, 1.82) is 0 Å². The van der Waals surface area contributed by atoms with Crippen LogP contribution in [-0.4, -0.2) is 139 Å². The van der Waals surface area contributed by atoms with E-state index in [9.17, 15) is 58.8 Å². The highest BCUT2D eigenvalue weighted by molar-refractivity contribution is 5.99. The number of pyridine rings is 4. The SMILES string of the molecule is Cc1c[nH]c(=O)c(O)c1C(=O)NCCN(CCNC(=O)c1c(C)c[nH]c(=O)c1O)CC(C)N(CCNC(=O)c1c(C)c[nH]c(=O)c1O)CCNC(=O)c1c(C)c[nH]c(=O)c1O. The summed E-state index contributed by atoms with van der Waals surface area (Å²) in [4.78, 5) is 113. The van der Waals surface area contributed by atoms with E-state index >= 15 is 0 Å². The van der Waals surface area contributed by atoms with E-state index in [0.717, 1.165) is 0 Å². The number of carbonyl (C=O) groups excluding carboxylic acids is 4. The molecule has 4 heterocycles. The van der Waals surface area contributed by atoms with Crippen LogP contribution in [0.4, 0.5) is 0 Å². The van der Waals surface area contributed by atoms with Gasteiger partial charge in [-0.1, -0.05) is 0 Å². The van der Waals surface area contributed by atoms with Gasteiger partial charge in [0.15, 0.2) is 23.0 Å². The van der Waals surface area contributed by atoms with Crippen LogP contribution in [-0.2, 0) is 0 Å². The predicted molar refractivity (Wildman–Crippen MR) is 221 cm³/mol. The fourth-order valence-corrected chi connectivity index (χ4v) is 6.58. The van der Waals surface area contributed by atoms with E-state index in [-0.39, 0.29) is 81.2 Å². The van der Waals surface area contributed by atoms with E-state index in [0.29, 0.717) is 22.3 Å². The molecule has 0 spiro atoms. The minimum absolute atomic E-state index is 0.000966. The van der Waals surface area contributed by atoms with Crippen molar-refractivity contribution in [1.82, 2.24) is 51.0 Å². The number of aromatic amines is 4. The van der Waals surface area contributed by atoms with Crippen LogP contribution >= 0.6 is 0 Å². The first-order chi connectivity index (χ1) is 28.8.